The van der Waals surface area contributed by atoms with Crippen molar-refractivity contribution in [3.8, 4) is 0 Å². The Morgan fingerprint density at radius 3 is 1.19 bits per heavy atom. The molecule has 0 aromatic carbocycles. The van der Waals surface area contributed by atoms with Crippen molar-refractivity contribution in [2.24, 2.45) is 0 Å². The molecule has 0 fully saturated rings. The second-order valence-corrected chi connectivity index (χ2v) is 8.21. The molecule has 0 heterocycles. The van der Waals surface area contributed by atoms with Crippen LogP contribution in [-0.4, -0.2) is 13.1 Å². The van der Waals surface area contributed by atoms with E-state index in [0.717, 1.165) is 12.8 Å². The van der Waals surface area contributed by atoms with E-state index < -0.39 is 0 Å². The molecular weight excluding hydrogens is 332 g/mol. The van der Waals surface area contributed by atoms with Crippen LogP contribution >= 0.6 is 0 Å². The SMILES string of the molecule is C=C(CCCCCCCCCCCCCCCCCCCCC)C(=O)OC. The van der Waals surface area contributed by atoms with Gasteiger partial charge in [0.15, 0.2) is 0 Å². The third kappa shape index (κ3) is 19.8. The van der Waals surface area contributed by atoms with Crippen LogP contribution in [0.3, 0.4) is 0 Å². The first-order valence-electron chi connectivity index (χ1n) is 12.0. The zero-order chi connectivity index (χ0) is 20.0. The van der Waals surface area contributed by atoms with Crippen molar-refractivity contribution < 1.29 is 9.53 Å². The van der Waals surface area contributed by atoms with Crippen molar-refractivity contribution in [2.75, 3.05) is 7.11 Å². The lowest BCUT2D eigenvalue weighted by Crippen LogP contribution is -2.03. The van der Waals surface area contributed by atoms with Gasteiger partial charge in [0, 0.05) is 5.57 Å². The summed E-state index contributed by atoms with van der Waals surface area (Å²) in [5.74, 6) is -0.252. The van der Waals surface area contributed by atoms with Gasteiger partial charge in [-0.3, -0.25) is 0 Å². The van der Waals surface area contributed by atoms with E-state index in [0.29, 0.717) is 5.57 Å². The van der Waals surface area contributed by atoms with Crippen molar-refractivity contribution in [1.82, 2.24) is 0 Å². The number of ether oxygens (including phenoxy) is 1. The minimum absolute atomic E-state index is 0.252. The molecule has 2 heteroatoms. The van der Waals surface area contributed by atoms with Gasteiger partial charge in [0.2, 0.25) is 0 Å². The Balaban J connectivity index is 3.09. The topological polar surface area (TPSA) is 26.3 Å². The van der Waals surface area contributed by atoms with E-state index in [9.17, 15) is 4.79 Å². The van der Waals surface area contributed by atoms with Gasteiger partial charge in [-0.1, -0.05) is 129 Å². The minimum Gasteiger partial charge on any atom is -0.466 e. The van der Waals surface area contributed by atoms with Crippen LogP contribution in [-0.2, 0) is 9.53 Å². The van der Waals surface area contributed by atoms with Gasteiger partial charge in [0.05, 0.1) is 7.11 Å². The fraction of sp³-hybridized carbons (Fsp3) is 0.880. The molecule has 0 saturated carbocycles. The fourth-order valence-electron chi connectivity index (χ4n) is 3.66. The predicted octanol–water partition coefficient (Wildman–Crippen LogP) is 8.54. The molecule has 2 nitrogen and oxygen atoms in total. The number of carbonyl (C=O) groups excluding carboxylic acids is 1. The molecule has 0 aliphatic rings. The van der Waals surface area contributed by atoms with Crippen molar-refractivity contribution in [3.05, 3.63) is 12.2 Å². The van der Waals surface area contributed by atoms with Crippen molar-refractivity contribution >= 4 is 5.97 Å². The van der Waals surface area contributed by atoms with Gasteiger partial charge in [-0.25, -0.2) is 4.79 Å². The first kappa shape index (κ1) is 26.2. The van der Waals surface area contributed by atoms with Crippen LogP contribution in [0.15, 0.2) is 12.2 Å². The Labute approximate surface area is 170 Å². The molecular formula is C25H48O2. The maximum Gasteiger partial charge on any atom is 0.333 e. The number of methoxy groups -OCH3 is 1. The highest BCUT2D eigenvalue weighted by molar-refractivity contribution is 5.87. The molecule has 0 aromatic heterocycles. The maximum atomic E-state index is 11.2. The lowest BCUT2D eigenvalue weighted by atomic mass is 10.0. The summed E-state index contributed by atoms with van der Waals surface area (Å²) >= 11 is 0. The summed E-state index contributed by atoms with van der Waals surface area (Å²) in [6.45, 7) is 6.06. The molecule has 0 N–H and O–H groups in total. The quantitative estimate of drug-likeness (QED) is 0.113. The average molecular weight is 381 g/mol. The van der Waals surface area contributed by atoms with E-state index >= 15 is 0 Å². The van der Waals surface area contributed by atoms with Gasteiger partial charge < -0.3 is 4.74 Å². The predicted molar refractivity (Wildman–Crippen MR) is 119 cm³/mol. The normalized spacial score (nSPS) is 10.9. The standard InChI is InChI=1S/C25H48O2/c1-4-5-6-7-8-9-10-11-12-13-14-15-16-17-18-19-20-21-22-23-24(2)25(26)27-3/h2,4-23H2,1,3H3. The zero-order valence-electron chi connectivity index (χ0n) is 18.7. The molecule has 0 aliphatic heterocycles. The highest BCUT2D eigenvalue weighted by Gasteiger charge is 2.05. The highest BCUT2D eigenvalue weighted by atomic mass is 16.5. The van der Waals surface area contributed by atoms with Gasteiger partial charge in [-0.15, -0.1) is 0 Å². The number of unbranched alkanes of at least 4 members (excludes halogenated alkanes) is 18. The zero-order valence-corrected chi connectivity index (χ0v) is 18.7. The summed E-state index contributed by atoms with van der Waals surface area (Å²) in [5.41, 5.74) is 0.615. The number of carbonyl (C=O) groups is 1. The Morgan fingerprint density at radius 1 is 0.593 bits per heavy atom. The van der Waals surface area contributed by atoms with Crippen LogP contribution in [0.4, 0.5) is 0 Å². The molecule has 0 aromatic rings. The first-order chi connectivity index (χ1) is 13.2. The van der Waals surface area contributed by atoms with Crippen LogP contribution in [0, 0.1) is 0 Å². The number of esters is 1. The Bertz CT molecular complexity index is 335. The number of hydrogen-bond donors (Lipinski definition) is 0. The Morgan fingerprint density at radius 2 is 0.889 bits per heavy atom. The van der Waals surface area contributed by atoms with Crippen LogP contribution in [0.1, 0.15) is 135 Å². The maximum absolute atomic E-state index is 11.2. The fourth-order valence-corrected chi connectivity index (χ4v) is 3.66. The summed E-state index contributed by atoms with van der Waals surface area (Å²) < 4.78 is 4.66. The second-order valence-electron chi connectivity index (χ2n) is 8.21. The molecule has 27 heavy (non-hydrogen) atoms. The van der Waals surface area contributed by atoms with E-state index in [1.807, 2.05) is 0 Å². The highest BCUT2D eigenvalue weighted by Crippen LogP contribution is 2.15. The molecule has 0 spiro atoms. The largest absolute Gasteiger partial charge is 0.466 e. The number of rotatable bonds is 21. The van der Waals surface area contributed by atoms with Crippen molar-refractivity contribution in [2.45, 2.75) is 135 Å². The summed E-state index contributed by atoms with van der Waals surface area (Å²) in [4.78, 5) is 11.2. The van der Waals surface area contributed by atoms with Gasteiger partial charge in [0.25, 0.3) is 0 Å². The Hall–Kier alpha value is -0.790. The van der Waals surface area contributed by atoms with Crippen LogP contribution in [0.2, 0.25) is 0 Å². The first-order valence-corrected chi connectivity index (χ1v) is 12.0. The molecule has 0 rings (SSSR count). The molecule has 0 aliphatic carbocycles. The second kappa shape index (κ2) is 21.5. The van der Waals surface area contributed by atoms with Crippen LogP contribution in [0.25, 0.3) is 0 Å². The van der Waals surface area contributed by atoms with Crippen LogP contribution in [0.5, 0.6) is 0 Å². The summed E-state index contributed by atoms with van der Waals surface area (Å²) in [5, 5.41) is 0. The average Bonchev–Trinajstić information content (AvgIpc) is 2.68. The summed E-state index contributed by atoms with van der Waals surface area (Å²) in [6, 6.07) is 0. The molecule has 160 valence electrons. The van der Waals surface area contributed by atoms with Gasteiger partial charge in [0.1, 0.15) is 0 Å². The lowest BCUT2D eigenvalue weighted by molar-refractivity contribution is -0.136. The van der Waals surface area contributed by atoms with Crippen LogP contribution < -0.4 is 0 Å². The Kier molecular flexibility index (Phi) is 20.9. The molecule has 0 radical (unpaired) electrons. The minimum atomic E-state index is -0.252. The van der Waals surface area contributed by atoms with Gasteiger partial charge in [-0.05, 0) is 12.8 Å². The monoisotopic (exact) mass is 380 g/mol. The summed E-state index contributed by atoms with van der Waals surface area (Å²) in [6.07, 6.45) is 27.1. The molecule has 0 atom stereocenters. The third-order valence-electron chi connectivity index (χ3n) is 5.56. The molecule has 0 unspecified atom stereocenters. The third-order valence-corrected chi connectivity index (χ3v) is 5.56. The van der Waals surface area contributed by atoms with E-state index in [2.05, 4.69) is 18.2 Å². The lowest BCUT2D eigenvalue weighted by Gasteiger charge is -2.04. The van der Waals surface area contributed by atoms with E-state index in [1.165, 1.54) is 123 Å². The van der Waals surface area contributed by atoms with E-state index in [1.54, 1.807) is 0 Å². The van der Waals surface area contributed by atoms with Crippen molar-refractivity contribution in [3.63, 3.8) is 0 Å². The van der Waals surface area contributed by atoms with Gasteiger partial charge >= 0.3 is 5.97 Å². The molecule has 0 saturated heterocycles. The van der Waals surface area contributed by atoms with Gasteiger partial charge in [-0.2, -0.15) is 0 Å². The molecule has 0 amide bonds. The molecule has 0 bridgehead atoms. The van der Waals surface area contributed by atoms with E-state index in [4.69, 9.17) is 0 Å². The smallest absolute Gasteiger partial charge is 0.333 e. The summed E-state index contributed by atoms with van der Waals surface area (Å²) in [7, 11) is 1.42. The van der Waals surface area contributed by atoms with E-state index in [-0.39, 0.29) is 5.97 Å². The number of hydrogen-bond acceptors (Lipinski definition) is 2. The van der Waals surface area contributed by atoms with Crippen molar-refractivity contribution in [1.29, 1.82) is 0 Å².